The largest absolute Gasteiger partial charge is 0.364 e. The van der Waals surface area contributed by atoms with Crippen LogP contribution in [0.3, 0.4) is 0 Å². The van der Waals surface area contributed by atoms with Gasteiger partial charge in [0.05, 0.1) is 6.10 Å². The molecule has 0 radical (unpaired) electrons. The van der Waals surface area contributed by atoms with Gasteiger partial charge in [-0.2, -0.15) is 0 Å². The lowest BCUT2D eigenvalue weighted by Gasteiger charge is -2.14. The highest BCUT2D eigenvalue weighted by Crippen LogP contribution is 2.19. The highest BCUT2D eigenvalue weighted by Gasteiger charge is 2.29. The molecule has 140 valence electrons. The van der Waals surface area contributed by atoms with Gasteiger partial charge in [0.1, 0.15) is 6.10 Å². The Morgan fingerprint density at radius 3 is 2.76 bits per heavy atom. The van der Waals surface area contributed by atoms with Crippen LogP contribution in [0.2, 0.25) is 0 Å². The van der Waals surface area contributed by atoms with E-state index in [-0.39, 0.29) is 36.4 Å². The lowest BCUT2D eigenvalue weighted by Crippen LogP contribution is -2.35. The first-order valence-corrected chi connectivity index (χ1v) is 8.56. The van der Waals surface area contributed by atoms with Crippen molar-refractivity contribution in [3.63, 3.8) is 0 Å². The van der Waals surface area contributed by atoms with Crippen LogP contribution >= 0.6 is 12.4 Å². The zero-order valence-electron chi connectivity index (χ0n) is 14.8. The fourth-order valence-corrected chi connectivity index (χ4v) is 2.61. The summed E-state index contributed by atoms with van der Waals surface area (Å²) in [6.07, 6.45) is 1.96. The van der Waals surface area contributed by atoms with E-state index >= 15 is 0 Å². The Morgan fingerprint density at radius 2 is 2.12 bits per heavy atom. The number of halogens is 1. The summed E-state index contributed by atoms with van der Waals surface area (Å²) in [5.74, 6) is -0.220. The fraction of sp³-hybridized carbons (Fsp3) is 0.556. The Hall–Kier alpha value is -1.63. The van der Waals surface area contributed by atoms with Gasteiger partial charge in [0.15, 0.2) is 0 Å². The number of hydrogen-bond acceptors (Lipinski definition) is 4. The molecule has 4 N–H and O–H groups in total. The van der Waals surface area contributed by atoms with Gasteiger partial charge in [0.25, 0.3) is 5.91 Å². The van der Waals surface area contributed by atoms with E-state index in [0.29, 0.717) is 25.1 Å². The van der Waals surface area contributed by atoms with Crippen molar-refractivity contribution in [3.8, 4) is 0 Å². The quantitative estimate of drug-likeness (QED) is 0.682. The standard InChI is InChI=1S/C18H27N3O3.ClH/c1-3-12(2)21-17(22)14-6-4-5-13(9-14)11-20-18(23)16-8-7-15(10-19)24-16;/h4-6,9,12,15-16H,3,7-8,10-11,19H2,1-2H3,(H,20,23)(H,21,22);1H/t12?,15-,16+;/m1./s1. The third-order valence-corrected chi connectivity index (χ3v) is 4.31. The topological polar surface area (TPSA) is 93.5 Å². The SMILES string of the molecule is CCC(C)NC(=O)c1cccc(CNC(=O)[C@@H]2CC[C@H](CN)O2)c1.Cl. The minimum absolute atomic E-state index is 0. The summed E-state index contributed by atoms with van der Waals surface area (Å²) in [4.78, 5) is 24.3. The number of benzene rings is 1. The van der Waals surface area contributed by atoms with E-state index in [1.807, 2.05) is 26.0 Å². The van der Waals surface area contributed by atoms with Crippen molar-refractivity contribution >= 4 is 24.2 Å². The van der Waals surface area contributed by atoms with Crippen molar-refractivity contribution in [3.05, 3.63) is 35.4 Å². The van der Waals surface area contributed by atoms with Gasteiger partial charge < -0.3 is 21.1 Å². The number of hydrogen-bond donors (Lipinski definition) is 3. The fourth-order valence-electron chi connectivity index (χ4n) is 2.61. The van der Waals surface area contributed by atoms with Gasteiger partial charge in [0.2, 0.25) is 5.91 Å². The highest BCUT2D eigenvalue weighted by atomic mass is 35.5. The van der Waals surface area contributed by atoms with E-state index in [2.05, 4.69) is 10.6 Å². The molecule has 1 heterocycles. The molecule has 1 aromatic rings. The van der Waals surface area contributed by atoms with E-state index in [1.165, 1.54) is 0 Å². The van der Waals surface area contributed by atoms with Gasteiger partial charge in [-0.25, -0.2) is 0 Å². The molecule has 6 nitrogen and oxygen atoms in total. The molecule has 25 heavy (non-hydrogen) atoms. The number of amides is 2. The summed E-state index contributed by atoms with van der Waals surface area (Å²) in [5, 5.41) is 5.80. The van der Waals surface area contributed by atoms with E-state index < -0.39 is 6.10 Å². The van der Waals surface area contributed by atoms with Crippen molar-refractivity contribution in [2.24, 2.45) is 5.73 Å². The van der Waals surface area contributed by atoms with E-state index in [1.54, 1.807) is 12.1 Å². The van der Waals surface area contributed by atoms with Crippen LogP contribution in [0.1, 0.15) is 49.0 Å². The highest BCUT2D eigenvalue weighted by molar-refractivity contribution is 5.94. The van der Waals surface area contributed by atoms with Gasteiger partial charge in [-0.05, 0) is 43.9 Å². The average Bonchev–Trinajstić information content (AvgIpc) is 3.09. The average molecular weight is 370 g/mol. The molecule has 1 aliphatic rings. The molecule has 1 saturated heterocycles. The molecular weight excluding hydrogens is 342 g/mol. The Balaban J connectivity index is 0.00000312. The number of rotatable bonds is 7. The van der Waals surface area contributed by atoms with Crippen molar-refractivity contribution in [2.45, 2.75) is 57.9 Å². The molecule has 0 saturated carbocycles. The van der Waals surface area contributed by atoms with Crippen LogP contribution in [0.25, 0.3) is 0 Å². The van der Waals surface area contributed by atoms with Crippen molar-refractivity contribution in [1.29, 1.82) is 0 Å². The molecule has 1 fully saturated rings. The number of ether oxygens (including phenoxy) is 1. The van der Waals surface area contributed by atoms with Crippen molar-refractivity contribution in [2.75, 3.05) is 6.54 Å². The van der Waals surface area contributed by atoms with Crippen LogP contribution in [0.4, 0.5) is 0 Å². The minimum atomic E-state index is -0.421. The summed E-state index contributed by atoms with van der Waals surface area (Å²) < 4.78 is 5.58. The monoisotopic (exact) mass is 369 g/mol. The van der Waals surface area contributed by atoms with E-state index in [0.717, 1.165) is 18.4 Å². The Kier molecular flexibility index (Phi) is 8.89. The zero-order chi connectivity index (χ0) is 17.5. The predicted octanol–water partition coefficient (Wildman–Crippen LogP) is 1.76. The zero-order valence-corrected chi connectivity index (χ0v) is 15.6. The maximum absolute atomic E-state index is 12.2. The first-order valence-electron chi connectivity index (χ1n) is 8.56. The van der Waals surface area contributed by atoms with Crippen LogP contribution in [-0.2, 0) is 16.1 Å². The normalized spacial score (nSPS) is 20.4. The number of nitrogens with two attached hydrogens (primary N) is 1. The van der Waals surface area contributed by atoms with Gasteiger partial charge in [0, 0.05) is 24.7 Å². The molecule has 1 aliphatic heterocycles. The smallest absolute Gasteiger partial charge is 0.251 e. The number of carbonyl (C=O) groups excluding carboxylic acids is 2. The molecule has 2 amide bonds. The first-order chi connectivity index (χ1) is 11.5. The number of carbonyl (C=O) groups is 2. The maximum atomic E-state index is 12.2. The predicted molar refractivity (Wildman–Crippen MR) is 99.7 cm³/mol. The summed E-state index contributed by atoms with van der Waals surface area (Å²) in [6.45, 7) is 4.81. The van der Waals surface area contributed by atoms with Gasteiger partial charge >= 0.3 is 0 Å². The summed E-state index contributed by atoms with van der Waals surface area (Å²) >= 11 is 0. The Labute approximate surface area is 155 Å². The second kappa shape index (κ2) is 10.4. The molecular formula is C18H28ClN3O3. The maximum Gasteiger partial charge on any atom is 0.251 e. The van der Waals surface area contributed by atoms with Crippen molar-refractivity contribution in [1.82, 2.24) is 10.6 Å². The minimum Gasteiger partial charge on any atom is -0.364 e. The van der Waals surface area contributed by atoms with Crippen LogP contribution < -0.4 is 16.4 Å². The van der Waals surface area contributed by atoms with Gasteiger partial charge in [-0.3, -0.25) is 9.59 Å². The molecule has 7 heteroatoms. The Bertz CT molecular complexity index is 582. The van der Waals surface area contributed by atoms with Crippen LogP contribution in [-0.4, -0.2) is 36.6 Å². The number of nitrogens with one attached hydrogen (secondary N) is 2. The summed E-state index contributed by atoms with van der Waals surface area (Å²) in [5.41, 5.74) is 7.04. The lowest BCUT2D eigenvalue weighted by atomic mass is 10.1. The molecule has 0 spiro atoms. The van der Waals surface area contributed by atoms with Gasteiger partial charge in [-0.15, -0.1) is 12.4 Å². The van der Waals surface area contributed by atoms with Crippen LogP contribution in [0.15, 0.2) is 24.3 Å². The van der Waals surface area contributed by atoms with E-state index in [4.69, 9.17) is 10.5 Å². The summed E-state index contributed by atoms with van der Waals surface area (Å²) in [7, 11) is 0. The molecule has 1 aromatic carbocycles. The molecule has 0 aliphatic carbocycles. The second-order valence-corrected chi connectivity index (χ2v) is 6.26. The third kappa shape index (κ3) is 6.30. The third-order valence-electron chi connectivity index (χ3n) is 4.31. The molecule has 0 aromatic heterocycles. The molecule has 3 atom stereocenters. The first kappa shape index (κ1) is 21.4. The lowest BCUT2D eigenvalue weighted by molar-refractivity contribution is -0.132. The van der Waals surface area contributed by atoms with Crippen LogP contribution in [0.5, 0.6) is 0 Å². The molecule has 2 rings (SSSR count). The van der Waals surface area contributed by atoms with Crippen LogP contribution in [0, 0.1) is 0 Å². The van der Waals surface area contributed by atoms with Gasteiger partial charge in [-0.1, -0.05) is 19.1 Å². The molecule has 0 bridgehead atoms. The molecule has 1 unspecified atom stereocenters. The second-order valence-electron chi connectivity index (χ2n) is 6.26. The summed E-state index contributed by atoms with van der Waals surface area (Å²) in [6, 6.07) is 7.42. The van der Waals surface area contributed by atoms with Crippen molar-refractivity contribution < 1.29 is 14.3 Å². The Morgan fingerprint density at radius 1 is 1.36 bits per heavy atom. The van der Waals surface area contributed by atoms with E-state index in [9.17, 15) is 9.59 Å².